The minimum absolute atomic E-state index is 0.0644. The van der Waals surface area contributed by atoms with Gasteiger partial charge in [0, 0.05) is 7.11 Å². The molecule has 0 bridgehead atoms. The number of allylic oxidation sites excluding steroid dienone is 2. The fourth-order valence-corrected chi connectivity index (χ4v) is 2.17. The Morgan fingerprint density at radius 2 is 2.15 bits per heavy atom. The first-order valence-electron chi connectivity index (χ1n) is 6.01. The normalized spacial score (nSPS) is 26.6. The fraction of sp³-hybridized carbons (Fsp3) is 0.538. The van der Waals surface area contributed by atoms with Crippen LogP contribution in [-0.2, 0) is 23.8 Å². The number of rotatable bonds is 5. The third-order valence-electron chi connectivity index (χ3n) is 2.72. The maximum Gasteiger partial charge on any atom is 0.347 e. The number of hydrogen-bond acceptors (Lipinski definition) is 5. The summed E-state index contributed by atoms with van der Waals surface area (Å²) in [5.74, 6) is -1.52. The average molecular weight is 323 g/mol. The quantitative estimate of drug-likeness (QED) is 0.573. The van der Waals surface area contributed by atoms with E-state index < -0.39 is 29.0 Å². The van der Waals surface area contributed by atoms with Gasteiger partial charge in [0.05, 0.1) is 11.6 Å². The molecule has 7 heteroatoms. The average Bonchev–Trinajstić information content (AvgIpc) is 2.41. The molecule has 0 spiro atoms. The molecule has 0 radical (unpaired) electrons. The Morgan fingerprint density at radius 1 is 1.50 bits per heavy atom. The molecule has 112 valence electrons. The highest BCUT2D eigenvalue weighted by molar-refractivity contribution is 6.46. The van der Waals surface area contributed by atoms with E-state index in [2.05, 4.69) is 0 Å². The van der Waals surface area contributed by atoms with Crippen LogP contribution in [0.4, 0.5) is 0 Å². The number of carbonyl (C=O) groups is 2. The van der Waals surface area contributed by atoms with Crippen molar-refractivity contribution in [3.8, 4) is 0 Å². The van der Waals surface area contributed by atoms with Crippen molar-refractivity contribution in [2.45, 2.75) is 30.9 Å². The van der Waals surface area contributed by atoms with Gasteiger partial charge in [-0.3, -0.25) is 0 Å². The zero-order valence-corrected chi connectivity index (χ0v) is 12.9. The van der Waals surface area contributed by atoms with Crippen molar-refractivity contribution in [2.24, 2.45) is 0 Å². The second-order valence-corrected chi connectivity index (χ2v) is 5.07. The van der Waals surface area contributed by atoms with Gasteiger partial charge in [0.25, 0.3) is 0 Å². The van der Waals surface area contributed by atoms with E-state index in [0.717, 1.165) is 0 Å². The molecule has 0 aromatic rings. The third kappa shape index (κ3) is 3.34. The Bertz CT molecular complexity index is 446. The molecule has 20 heavy (non-hydrogen) atoms. The highest BCUT2D eigenvalue weighted by Crippen LogP contribution is 2.38. The molecule has 1 rings (SSSR count). The van der Waals surface area contributed by atoms with Gasteiger partial charge in [-0.05, 0) is 19.9 Å². The predicted molar refractivity (Wildman–Crippen MR) is 74.6 cm³/mol. The lowest BCUT2D eigenvalue weighted by Crippen LogP contribution is -2.48. The van der Waals surface area contributed by atoms with Crippen LogP contribution in [0.5, 0.6) is 0 Å². The smallest absolute Gasteiger partial charge is 0.347 e. The minimum Gasteiger partial charge on any atom is -0.463 e. The van der Waals surface area contributed by atoms with E-state index in [1.165, 1.54) is 20.1 Å². The molecule has 1 aliphatic carbocycles. The second-order valence-electron chi connectivity index (χ2n) is 4.07. The van der Waals surface area contributed by atoms with Crippen LogP contribution in [-0.4, -0.2) is 42.7 Å². The van der Waals surface area contributed by atoms with E-state index in [1.807, 2.05) is 0 Å². The molecule has 5 nitrogen and oxygen atoms in total. The molecular weight excluding hydrogens is 307 g/mol. The fourth-order valence-electron chi connectivity index (χ4n) is 1.64. The van der Waals surface area contributed by atoms with Crippen LogP contribution in [0.15, 0.2) is 23.3 Å². The molecule has 3 atom stereocenters. The van der Waals surface area contributed by atoms with Gasteiger partial charge in [-0.1, -0.05) is 35.4 Å². The maximum absolute atomic E-state index is 12.2. The summed E-state index contributed by atoms with van der Waals surface area (Å²) in [6, 6.07) is 0. The number of carbonyl (C=O) groups excluding carboxylic acids is 2. The van der Waals surface area contributed by atoms with Crippen molar-refractivity contribution in [3.05, 3.63) is 23.3 Å². The molecule has 0 amide bonds. The van der Waals surface area contributed by atoms with Gasteiger partial charge in [0.1, 0.15) is 6.10 Å². The number of ether oxygens (including phenoxy) is 3. The van der Waals surface area contributed by atoms with Crippen LogP contribution in [0.3, 0.4) is 0 Å². The summed E-state index contributed by atoms with van der Waals surface area (Å²) < 4.78 is 14.9. The molecule has 0 aromatic carbocycles. The number of esters is 2. The summed E-state index contributed by atoms with van der Waals surface area (Å²) in [5.41, 5.74) is 0. The Morgan fingerprint density at radius 3 is 2.70 bits per heavy atom. The van der Waals surface area contributed by atoms with Crippen molar-refractivity contribution < 1.29 is 23.8 Å². The number of halogens is 2. The van der Waals surface area contributed by atoms with Gasteiger partial charge in [0.2, 0.25) is 4.87 Å². The number of methoxy groups -OCH3 is 1. The summed E-state index contributed by atoms with van der Waals surface area (Å²) in [6.07, 6.45) is 2.81. The lowest BCUT2D eigenvalue weighted by atomic mass is 9.96. The standard InChI is InChI=1S/C13H16Cl2O5/c1-4-19-11(16)8(2)20-12(17)13(15)9(14)6-5-7-10(13)18-3/h5-8,10H,4H2,1-3H3. The minimum atomic E-state index is -1.70. The Labute approximate surface area is 127 Å². The van der Waals surface area contributed by atoms with Crippen molar-refractivity contribution in [1.29, 1.82) is 0 Å². The van der Waals surface area contributed by atoms with Crippen molar-refractivity contribution in [3.63, 3.8) is 0 Å². The van der Waals surface area contributed by atoms with Gasteiger partial charge in [-0.25, -0.2) is 9.59 Å². The van der Waals surface area contributed by atoms with Crippen LogP contribution in [0.2, 0.25) is 0 Å². The van der Waals surface area contributed by atoms with Gasteiger partial charge in [-0.15, -0.1) is 0 Å². The van der Waals surface area contributed by atoms with E-state index in [0.29, 0.717) is 0 Å². The van der Waals surface area contributed by atoms with Crippen molar-refractivity contribution in [2.75, 3.05) is 13.7 Å². The monoisotopic (exact) mass is 322 g/mol. The second kappa shape index (κ2) is 7.11. The Hall–Kier alpha value is -1.04. The summed E-state index contributed by atoms with van der Waals surface area (Å²) in [7, 11) is 1.39. The lowest BCUT2D eigenvalue weighted by Gasteiger charge is -2.32. The van der Waals surface area contributed by atoms with E-state index in [-0.39, 0.29) is 11.6 Å². The van der Waals surface area contributed by atoms with Crippen LogP contribution < -0.4 is 0 Å². The highest BCUT2D eigenvalue weighted by atomic mass is 35.5. The molecule has 0 fully saturated rings. The van der Waals surface area contributed by atoms with Crippen LogP contribution in [0.25, 0.3) is 0 Å². The molecular formula is C13H16Cl2O5. The van der Waals surface area contributed by atoms with Gasteiger partial charge in [0.15, 0.2) is 6.10 Å². The largest absolute Gasteiger partial charge is 0.463 e. The van der Waals surface area contributed by atoms with E-state index >= 15 is 0 Å². The molecule has 0 aromatic heterocycles. The summed E-state index contributed by atoms with van der Waals surface area (Å²) in [6.45, 7) is 3.24. The van der Waals surface area contributed by atoms with Crippen LogP contribution in [0, 0.1) is 0 Å². The van der Waals surface area contributed by atoms with E-state index in [9.17, 15) is 9.59 Å². The van der Waals surface area contributed by atoms with E-state index in [4.69, 9.17) is 37.4 Å². The van der Waals surface area contributed by atoms with Gasteiger partial charge in [-0.2, -0.15) is 0 Å². The number of alkyl halides is 1. The summed E-state index contributed by atoms with van der Waals surface area (Å²) in [5, 5.41) is 0.0644. The predicted octanol–water partition coefficient (Wildman–Crippen LogP) is 2.17. The molecule has 0 N–H and O–H groups in total. The van der Waals surface area contributed by atoms with Crippen molar-refractivity contribution >= 4 is 35.1 Å². The highest BCUT2D eigenvalue weighted by Gasteiger charge is 2.50. The summed E-state index contributed by atoms with van der Waals surface area (Å²) in [4.78, 5) is 22.0. The zero-order chi connectivity index (χ0) is 15.3. The third-order valence-corrected chi connectivity index (χ3v) is 3.82. The zero-order valence-electron chi connectivity index (χ0n) is 11.4. The molecule has 0 saturated heterocycles. The summed E-state index contributed by atoms with van der Waals surface area (Å²) >= 11 is 12.3. The van der Waals surface area contributed by atoms with Crippen LogP contribution in [0.1, 0.15) is 13.8 Å². The first-order valence-corrected chi connectivity index (χ1v) is 6.77. The SMILES string of the molecule is CCOC(=O)C(C)OC(=O)C1(Cl)C(Cl)=CC=CC1OC. The first kappa shape index (κ1) is 17.0. The molecule has 0 saturated carbocycles. The van der Waals surface area contributed by atoms with E-state index in [1.54, 1.807) is 19.1 Å². The Kier molecular flexibility index (Phi) is 6.05. The van der Waals surface area contributed by atoms with Crippen LogP contribution >= 0.6 is 23.2 Å². The number of hydrogen-bond donors (Lipinski definition) is 0. The van der Waals surface area contributed by atoms with Gasteiger partial charge < -0.3 is 14.2 Å². The van der Waals surface area contributed by atoms with Gasteiger partial charge >= 0.3 is 11.9 Å². The topological polar surface area (TPSA) is 61.8 Å². The molecule has 0 heterocycles. The molecule has 1 aliphatic rings. The maximum atomic E-state index is 12.2. The molecule has 3 unspecified atom stereocenters. The first-order chi connectivity index (χ1) is 9.37. The lowest BCUT2D eigenvalue weighted by molar-refractivity contribution is -0.168. The Balaban J connectivity index is 2.86. The molecule has 0 aliphatic heterocycles. The van der Waals surface area contributed by atoms with Crippen molar-refractivity contribution in [1.82, 2.24) is 0 Å².